The number of rotatable bonds is 4. The monoisotopic (exact) mass is 343 g/mol. The van der Waals surface area contributed by atoms with Gasteiger partial charge in [0.1, 0.15) is 0 Å². The minimum atomic E-state index is -0.445. The lowest BCUT2D eigenvalue weighted by atomic mass is 9.89. The maximum absolute atomic E-state index is 12.8. The van der Waals surface area contributed by atoms with E-state index < -0.39 is 5.60 Å². The van der Waals surface area contributed by atoms with Crippen LogP contribution in [0.5, 0.6) is 0 Å². The number of aliphatic hydroxyl groups is 1. The summed E-state index contributed by atoms with van der Waals surface area (Å²) < 4.78 is 0. The third-order valence-corrected chi connectivity index (χ3v) is 5.99. The molecular formula is C19H25N3O3. The second-order valence-corrected chi connectivity index (χ2v) is 7.74. The number of aromatic nitrogens is 1. The summed E-state index contributed by atoms with van der Waals surface area (Å²) in [5, 5.41) is 10.2. The highest BCUT2D eigenvalue weighted by Gasteiger charge is 2.48. The molecule has 1 aromatic rings. The number of carbonyl (C=O) groups is 2. The van der Waals surface area contributed by atoms with Crippen LogP contribution in [-0.2, 0) is 16.1 Å². The number of nitrogens with zero attached hydrogens (tertiary/aromatic N) is 3. The number of carbonyl (C=O) groups excluding carboxylic acids is 2. The van der Waals surface area contributed by atoms with Crippen LogP contribution in [0.1, 0.15) is 37.7 Å². The van der Waals surface area contributed by atoms with Crippen molar-refractivity contribution in [1.29, 1.82) is 0 Å². The van der Waals surface area contributed by atoms with Crippen molar-refractivity contribution in [2.75, 3.05) is 19.6 Å². The largest absolute Gasteiger partial charge is 0.390 e. The van der Waals surface area contributed by atoms with Gasteiger partial charge in [0.25, 0.3) is 0 Å². The zero-order chi connectivity index (χ0) is 17.4. The van der Waals surface area contributed by atoms with E-state index in [1.807, 2.05) is 17.0 Å². The molecule has 2 saturated heterocycles. The Kier molecular flexibility index (Phi) is 4.23. The standard InChI is InChI=1S/C19H25N3O3/c23-17-10-15(13-22(17)12-14-2-1-7-20-11-14)18(24)21-8-3-16(4-9-21)19(25)5-6-19/h1-2,7,11,15-16,25H,3-6,8-10,12-13H2. The van der Waals surface area contributed by atoms with Crippen LogP contribution in [0, 0.1) is 11.8 Å². The van der Waals surface area contributed by atoms with Crippen molar-refractivity contribution >= 4 is 11.8 Å². The van der Waals surface area contributed by atoms with Crippen LogP contribution >= 0.6 is 0 Å². The predicted molar refractivity (Wildman–Crippen MR) is 91.2 cm³/mol. The van der Waals surface area contributed by atoms with Gasteiger partial charge in [0.05, 0.1) is 11.5 Å². The number of piperidine rings is 1. The fourth-order valence-electron chi connectivity index (χ4n) is 4.23. The summed E-state index contributed by atoms with van der Waals surface area (Å²) in [7, 11) is 0. The molecule has 6 heteroatoms. The smallest absolute Gasteiger partial charge is 0.227 e. The van der Waals surface area contributed by atoms with E-state index >= 15 is 0 Å². The molecule has 0 spiro atoms. The first-order chi connectivity index (χ1) is 12.0. The molecule has 0 aromatic carbocycles. The number of amides is 2. The third-order valence-electron chi connectivity index (χ3n) is 5.99. The van der Waals surface area contributed by atoms with Crippen LogP contribution in [-0.4, -0.2) is 56.9 Å². The van der Waals surface area contributed by atoms with E-state index in [1.165, 1.54) is 0 Å². The molecule has 0 radical (unpaired) electrons. The Morgan fingerprint density at radius 2 is 2.08 bits per heavy atom. The molecule has 2 aliphatic heterocycles. The van der Waals surface area contributed by atoms with Gasteiger partial charge in [-0.05, 0) is 43.2 Å². The van der Waals surface area contributed by atoms with Gasteiger partial charge in [-0.25, -0.2) is 0 Å². The molecule has 134 valence electrons. The second kappa shape index (κ2) is 6.41. The van der Waals surface area contributed by atoms with Crippen LogP contribution in [0.15, 0.2) is 24.5 Å². The molecule has 3 heterocycles. The van der Waals surface area contributed by atoms with Crippen molar-refractivity contribution in [3.63, 3.8) is 0 Å². The molecule has 1 unspecified atom stereocenters. The van der Waals surface area contributed by atoms with E-state index in [0.29, 0.717) is 38.5 Å². The molecule has 3 fully saturated rings. The van der Waals surface area contributed by atoms with E-state index in [2.05, 4.69) is 4.98 Å². The van der Waals surface area contributed by atoms with Gasteiger partial charge in [0.15, 0.2) is 0 Å². The summed E-state index contributed by atoms with van der Waals surface area (Å²) >= 11 is 0. The van der Waals surface area contributed by atoms with E-state index in [-0.39, 0.29) is 17.7 Å². The normalized spacial score (nSPS) is 26.1. The number of pyridine rings is 1. The van der Waals surface area contributed by atoms with Crippen LogP contribution in [0.4, 0.5) is 0 Å². The number of likely N-dealkylation sites (tertiary alicyclic amines) is 2. The van der Waals surface area contributed by atoms with E-state index in [1.54, 1.807) is 17.3 Å². The molecule has 1 atom stereocenters. The van der Waals surface area contributed by atoms with Gasteiger partial charge in [0.2, 0.25) is 11.8 Å². The molecule has 1 N–H and O–H groups in total. The average Bonchev–Trinajstić information content (AvgIpc) is 3.29. The molecule has 3 aliphatic rings. The van der Waals surface area contributed by atoms with Crippen molar-refractivity contribution in [3.8, 4) is 0 Å². The predicted octanol–water partition coefficient (Wildman–Crippen LogP) is 1.19. The van der Waals surface area contributed by atoms with E-state index in [0.717, 1.165) is 31.2 Å². The zero-order valence-corrected chi connectivity index (χ0v) is 14.4. The second-order valence-electron chi connectivity index (χ2n) is 7.74. The van der Waals surface area contributed by atoms with Crippen molar-refractivity contribution < 1.29 is 14.7 Å². The molecule has 6 nitrogen and oxygen atoms in total. The molecule has 25 heavy (non-hydrogen) atoms. The van der Waals surface area contributed by atoms with Gasteiger partial charge >= 0.3 is 0 Å². The minimum absolute atomic E-state index is 0.0457. The lowest BCUT2D eigenvalue weighted by Gasteiger charge is -2.35. The molecule has 4 rings (SSSR count). The molecule has 0 bridgehead atoms. The van der Waals surface area contributed by atoms with Gasteiger partial charge in [0, 0.05) is 45.0 Å². The summed E-state index contributed by atoms with van der Waals surface area (Å²) in [6, 6.07) is 3.80. The van der Waals surface area contributed by atoms with Crippen molar-refractivity contribution in [1.82, 2.24) is 14.8 Å². The highest BCUT2D eigenvalue weighted by Crippen LogP contribution is 2.46. The maximum Gasteiger partial charge on any atom is 0.227 e. The maximum atomic E-state index is 12.8. The molecular weight excluding hydrogens is 318 g/mol. The Morgan fingerprint density at radius 3 is 2.72 bits per heavy atom. The average molecular weight is 343 g/mol. The Bertz CT molecular complexity index is 651. The van der Waals surface area contributed by atoms with Crippen LogP contribution in [0.3, 0.4) is 0 Å². The van der Waals surface area contributed by atoms with Crippen molar-refractivity contribution in [2.45, 2.75) is 44.2 Å². The van der Waals surface area contributed by atoms with Crippen molar-refractivity contribution in [3.05, 3.63) is 30.1 Å². The van der Waals surface area contributed by atoms with Crippen LogP contribution in [0.2, 0.25) is 0 Å². The van der Waals surface area contributed by atoms with Gasteiger partial charge in [-0.2, -0.15) is 0 Å². The summed E-state index contributed by atoms with van der Waals surface area (Å²) in [5.74, 6) is 0.251. The lowest BCUT2D eigenvalue weighted by molar-refractivity contribution is -0.138. The van der Waals surface area contributed by atoms with Crippen LogP contribution < -0.4 is 0 Å². The SMILES string of the molecule is O=C1CC(C(=O)N2CCC(C3(O)CC3)CC2)CN1Cc1cccnc1. The number of hydrogen-bond donors (Lipinski definition) is 1. The summed E-state index contributed by atoms with van der Waals surface area (Å²) in [4.78, 5) is 32.8. The Hall–Kier alpha value is -1.95. The van der Waals surface area contributed by atoms with Gasteiger partial charge < -0.3 is 14.9 Å². The lowest BCUT2D eigenvalue weighted by Crippen LogP contribution is -2.44. The topological polar surface area (TPSA) is 73.7 Å². The zero-order valence-electron chi connectivity index (χ0n) is 14.4. The van der Waals surface area contributed by atoms with Crippen molar-refractivity contribution in [2.24, 2.45) is 11.8 Å². The molecule has 1 saturated carbocycles. The van der Waals surface area contributed by atoms with Gasteiger partial charge in [-0.15, -0.1) is 0 Å². The Labute approximate surface area is 147 Å². The highest BCUT2D eigenvalue weighted by molar-refractivity contribution is 5.89. The highest BCUT2D eigenvalue weighted by atomic mass is 16.3. The number of hydrogen-bond acceptors (Lipinski definition) is 4. The first kappa shape index (κ1) is 16.5. The van der Waals surface area contributed by atoms with Crippen LogP contribution in [0.25, 0.3) is 0 Å². The van der Waals surface area contributed by atoms with Gasteiger partial charge in [-0.1, -0.05) is 6.07 Å². The Balaban J connectivity index is 1.32. The first-order valence-electron chi connectivity index (χ1n) is 9.23. The summed E-state index contributed by atoms with van der Waals surface area (Å²) in [6.45, 7) is 2.43. The van der Waals surface area contributed by atoms with E-state index in [9.17, 15) is 14.7 Å². The Morgan fingerprint density at radius 1 is 1.32 bits per heavy atom. The summed E-state index contributed by atoms with van der Waals surface area (Å²) in [5.41, 5.74) is 0.543. The van der Waals surface area contributed by atoms with E-state index in [4.69, 9.17) is 0 Å². The first-order valence-corrected chi connectivity index (χ1v) is 9.23. The quantitative estimate of drug-likeness (QED) is 0.891. The minimum Gasteiger partial charge on any atom is -0.390 e. The fraction of sp³-hybridized carbons (Fsp3) is 0.632. The third kappa shape index (κ3) is 3.40. The molecule has 1 aromatic heterocycles. The molecule has 2 amide bonds. The molecule has 1 aliphatic carbocycles. The van der Waals surface area contributed by atoms with Gasteiger partial charge in [-0.3, -0.25) is 14.6 Å². The fourth-order valence-corrected chi connectivity index (χ4v) is 4.23. The summed E-state index contributed by atoms with van der Waals surface area (Å²) in [6.07, 6.45) is 7.35.